The second-order valence-corrected chi connectivity index (χ2v) is 5.57. The third-order valence-corrected chi connectivity index (χ3v) is 4.13. The van der Waals surface area contributed by atoms with Gasteiger partial charge in [-0.15, -0.1) is 0 Å². The number of piperidine rings is 1. The van der Waals surface area contributed by atoms with Crippen LogP contribution < -0.4 is 11.1 Å². The van der Waals surface area contributed by atoms with Crippen LogP contribution >= 0.6 is 0 Å². The first kappa shape index (κ1) is 12.8. The maximum atomic E-state index is 11.2. The Hall–Kier alpha value is -0.610. The molecule has 98 valence electrons. The quantitative estimate of drug-likeness (QED) is 0.751. The lowest BCUT2D eigenvalue weighted by Gasteiger charge is -2.36. The van der Waals surface area contributed by atoms with E-state index in [1.54, 1.807) is 6.92 Å². The molecule has 0 aromatic carbocycles. The van der Waals surface area contributed by atoms with Crippen molar-refractivity contribution in [3.63, 3.8) is 0 Å². The van der Waals surface area contributed by atoms with Crippen molar-refractivity contribution in [2.24, 2.45) is 5.73 Å². The number of nitrogens with one attached hydrogen (secondary N) is 1. The van der Waals surface area contributed by atoms with Crippen LogP contribution in [0.3, 0.4) is 0 Å². The Labute approximate surface area is 104 Å². The van der Waals surface area contributed by atoms with Crippen LogP contribution in [0.5, 0.6) is 0 Å². The molecule has 1 amide bonds. The predicted molar refractivity (Wildman–Crippen MR) is 68.6 cm³/mol. The fourth-order valence-corrected chi connectivity index (χ4v) is 3.07. The molecule has 1 aliphatic carbocycles. The topological polar surface area (TPSA) is 58.4 Å². The largest absolute Gasteiger partial charge is 0.343 e. The minimum atomic E-state index is 0.211. The number of amides is 1. The summed E-state index contributed by atoms with van der Waals surface area (Å²) in [6.45, 7) is 3.48. The first-order valence-corrected chi connectivity index (χ1v) is 6.92. The molecule has 3 N–H and O–H groups in total. The smallest absolute Gasteiger partial charge is 0.219 e. The Morgan fingerprint density at radius 2 is 1.88 bits per heavy atom. The molecule has 2 fully saturated rings. The van der Waals surface area contributed by atoms with Crippen molar-refractivity contribution in [3.05, 3.63) is 0 Å². The van der Waals surface area contributed by atoms with Gasteiger partial charge in [-0.2, -0.15) is 0 Å². The number of carbonyl (C=O) groups excluding carboxylic acids is 1. The number of carbonyl (C=O) groups is 1. The molecule has 4 heteroatoms. The van der Waals surface area contributed by atoms with Gasteiger partial charge in [0.2, 0.25) is 5.91 Å². The molecule has 0 radical (unpaired) electrons. The van der Waals surface area contributed by atoms with Crippen molar-refractivity contribution >= 4 is 5.91 Å². The van der Waals surface area contributed by atoms with E-state index in [1.165, 1.54) is 19.3 Å². The van der Waals surface area contributed by atoms with Gasteiger partial charge in [0.25, 0.3) is 0 Å². The van der Waals surface area contributed by atoms with Gasteiger partial charge in [-0.05, 0) is 32.1 Å². The highest BCUT2D eigenvalue weighted by atomic mass is 16.2. The van der Waals surface area contributed by atoms with Gasteiger partial charge < -0.3 is 16.0 Å². The van der Waals surface area contributed by atoms with E-state index in [4.69, 9.17) is 5.73 Å². The van der Waals surface area contributed by atoms with Crippen LogP contribution in [0.25, 0.3) is 0 Å². The summed E-state index contributed by atoms with van der Waals surface area (Å²) in [6, 6.07) is 1.58. The number of likely N-dealkylation sites (tertiary alicyclic amines) is 1. The average molecular weight is 239 g/mol. The summed E-state index contributed by atoms with van der Waals surface area (Å²) in [6.07, 6.45) is 7.00. The van der Waals surface area contributed by atoms with E-state index in [-0.39, 0.29) is 5.91 Å². The molecular weight excluding hydrogens is 214 g/mol. The molecule has 1 saturated heterocycles. The van der Waals surface area contributed by atoms with Crippen LogP contribution in [-0.4, -0.2) is 42.0 Å². The number of nitrogens with zero attached hydrogens (tertiary/aromatic N) is 1. The maximum Gasteiger partial charge on any atom is 0.219 e. The molecule has 1 aliphatic heterocycles. The van der Waals surface area contributed by atoms with Crippen molar-refractivity contribution < 1.29 is 4.79 Å². The highest BCUT2D eigenvalue weighted by Crippen LogP contribution is 2.19. The van der Waals surface area contributed by atoms with Gasteiger partial charge >= 0.3 is 0 Å². The van der Waals surface area contributed by atoms with Crippen LogP contribution in [0.2, 0.25) is 0 Å². The molecule has 2 unspecified atom stereocenters. The third-order valence-electron chi connectivity index (χ3n) is 4.13. The SMILES string of the molecule is CC(=O)N1CCC(NC2CCCC(N)C2)CC1. The van der Waals surface area contributed by atoms with Gasteiger partial charge in [-0.3, -0.25) is 4.79 Å². The lowest BCUT2D eigenvalue weighted by Crippen LogP contribution is -2.49. The fourth-order valence-electron chi connectivity index (χ4n) is 3.07. The normalized spacial score (nSPS) is 31.5. The van der Waals surface area contributed by atoms with E-state index in [0.29, 0.717) is 18.1 Å². The van der Waals surface area contributed by atoms with Gasteiger partial charge in [0, 0.05) is 38.1 Å². The molecule has 2 atom stereocenters. The number of hydrogen-bond acceptors (Lipinski definition) is 3. The molecule has 2 rings (SSSR count). The summed E-state index contributed by atoms with van der Waals surface area (Å²) in [7, 11) is 0. The van der Waals surface area contributed by atoms with Crippen molar-refractivity contribution in [3.8, 4) is 0 Å². The maximum absolute atomic E-state index is 11.2. The summed E-state index contributed by atoms with van der Waals surface area (Å²) in [5, 5.41) is 3.73. The first-order valence-electron chi connectivity index (χ1n) is 6.92. The van der Waals surface area contributed by atoms with Crippen molar-refractivity contribution in [2.75, 3.05) is 13.1 Å². The molecule has 1 heterocycles. The minimum Gasteiger partial charge on any atom is -0.343 e. The molecule has 0 bridgehead atoms. The first-order chi connectivity index (χ1) is 8.15. The Bertz CT molecular complexity index is 261. The molecule has 1 saturated carbocycles. The van der Waals surface area contributed by atoms with Crippen molar-refractivity contribution in [2.45, 2.75) is 63.6 Å². The zero-order valence-corrected chi connectivity index (χ0v) is 10.8. The zero-order valence-electron chi connectivity index (χ0n) is 10.8. The van der Waals surface area contributed by atoms with Crippen LogP contribution in [0.1, 0.15) is 45.4 Å². The van der Waals surface area contributed by atoms with Crippen LogP contribution in [0.15, 0.2) is 0 Å². The van der Waals surface area contributed by atoms with E-state index < -0.39 is 0 Å². The Morgan fingerprint density at radius 1 is 1.18 bits per heavy atom. The van der Waals surface area contributed by atoms with E-state index in [9.17, 15) is 4.79 Å². The fraction of sp³-hybridized carbons (Fsp3) is 0.923. The predicted octanol–water partition coefficient (Wildman–Crippen LogP) is 0.857. The highest BCUT2D eigenvalue weighted by molar-refractivity contribution is 5.73. The van der Waals surface area contributed by atoms with E-state index >= 15 is 0 Å². The zero-order chi connectivity index (χ0) is 12.3. The summed E-state index contributed by atoms with van der Waals surface area (Å²) in [5.41, 5.74) is 6.00. The van der Waals surface area contributed by atoms with Gasteiger partial charge in [0.15, 0.2) is 0 Å². The third kappa shape index (κ3) is 3.68. The molecule has 0 aromatic heterocycles. The van der Waals surface area contributed by atoms with Gasteiger partial charge in [-0.25, -0.2) is 0 Å². The molecule has 0 spiro atoms. The Balaban J connectivity index is 1.72. The summed E-state index contributed by atoms with van der Waals surface area (Å²) < 4.78 is 0. The van der Waals surface area contributed by atoms with E-state index in [0.717, 1.165) is 32.4 Å². The molecule has 2 aliphatic rings. The lowest BCUT2D eigenvalue weighted by atomic mass is 9.90. The molecule has 0 aromatic rings. The number of rotatable bonds is 2. The number of nitrogens with two attached hydrogens (primary N) is 1. The van der Waals surface area contributed by atoms with Crippen LogP contribution in [0, 0.1) is 0 Å². The van der Waals surface area contributed by atoms with Gasteiger partial charge in [0.1, 0.15) is 0 Å². The van der Waals surface area contributed by atoms with Crippen LogP contribution in [0.4, 0.5) is 0 Å². The molecular formula is C13H25N3O. The van der Waals surface area contributed by atoms with Crippen molar-refractivity contribution in [1.29, 1.82) is 0 Å². The summed E-state index contributed by atoms with van der Waals surface area (Å²) in [4.78, 5) is 13.2. The van der Waals surface area contributed by atoms with Gasteiger partial charge in [-0.1, -0.05) is 6.42 Å². The van der Waals surface area contributed by atoms with Crippen LogP contribution in [-0.2, 0) is 4.79 Å². The monoisotopic (exact) mass is 239 g/mol. The van der Waals surface area contributed by atoms with Gasteiger partial charge in [0.05, 0.1) is 0 Å². The number of hydrogen-bond donors (Lipinski definition) is 2. The lowest BCUT2D eigenvalue weighted by molar-refractivity contribution is -0.129. The summed E-state index contributed by atoms with van der Waals surface area (Å²) in [5.74, 6) is 0.211. The second-order valence-electron chi connectivity index (χ2n) is 5.57. The molecule has 4 nitrogen and oxygen atoms in total. The van der Waals surface area contributed by atoms with E-state index in [1.807, 2.05) is 4.90 Å². The minimum absolute atomic E-state index is 0.211. The standard InChI is InChI=1S/C13H25N3O/c1-10(17)16-7-5-12(6-8-16)15-13-4-2-3-11(14)9-13/h11-13,15H,2-9,14H2,1H3. The Morgan fingerprint density at radius 3 is 2.47 bits per heavy atom. The highest BCUT2D eigenvalue weighted by Gasteiger charge is 2.25. The average Bonchev–Trinajstić information content (AvgIpc) is 2.29. The second kappa shape index (κ2) is 5.83. The Kier molecular flexibility index (Phi) is 4.40. The molecule has 17 heavy (non-hydrogen) atoms. The summed E-state index contributed by atoms with van der Waals surface area (Å²) >= 11 is 0. The van der Waals surface area contributed by atoms with Crippen molar-refractivity contribution in [1.82, 2.24) is 10.2 Å². The van der Waals surface area contributed by atoms with E-state index in [2.05, 4.69) is 5.32 Å².